The van der Waals surface area contributed by atoms with E-state index in [-0.39, 0.29) is 5.92 Å². The predicted molar refractivity (Wildman–Crippen MR) is 65.2 cm³/mol. The van der Waals surface area contributed by atoms with Gasteiger partial charge in [-0.1, -0.05) is 36.9 Å². The summed E-state index contributed by atoms with van der Waals surface area (Å²) in [6.07, 6.45) is 0.315. The first kappa shape index (κ1) is 12.3. The fourth-order valence-corrected chi connectivity index (χ4v) is 2.11. The van der Waals surface area contributed by atoms with Gasteiger partial charge in [-0.15, -0.1) is 0 Å². The van der Waals surface area contributed by atoms with Crippen LogP contribution in [0.4, 0.5) is 0 Å². The van der Waals surface area contributed by atoms with E-state index in [1.54, 1.807) is 0 Å². The molecule has 1 aliphatic carbocycles. The Morgan fingerprint density at radius 2 is 2.00 bits per heavy atom. The van der Waals surface area contributed by atoms with E-state index in [2.05, 4.69) is 6.58 Å². The number of hydrogen-bond donors (Lipinski definition) is 2. The van der Waals surface area contributed by atoms with Crippen LogP contribution in [0.2, 0.25) is 0 Å². The van der Waals surface area contributed by atoms with E-state index >= 15 is 0 Å². The molecular weight excluding hydrogens is 216 g/mol. The van der Waals surface area contributed by atoms with Crippen LogP contribution in [-0.4, -0.2) is 22.9 Å². The number of ether oxygens (including phenoxy) is 1. The second kappa shape index (κ2) is 5.45. The lowest BCUT2D eigenvalue weighted by Gasteiger charge is -2.17. The average Bonchev–Trinajstić information content (AvgIpc) is 2.68. The Labute approximate surface area is 101 Å². The minimum Gasteiger partial charge on any atom is -0.389 e. The Kier molecular flexibility index (Phi) is 3.94. The highest BCUT2D eigenvalue weighted by atomic mass is 16.6. The lowest BCUT2D eigenvalue weighted by atomic mass is 10.1. The summed E-state index contributed by atoms with van der Waals surface area (Å²) >= 11 is 0. The quantitative estimate of drug-likeness (QED) is 0.619. The second-order valence-electron chi connectivity index (χ2n) is 4.46. The highest BCUT2D eigenvalue weighted by molar-refractivity contribution is 5.16. The lowest BCUT2D eigenvalue weighted by molar-refractivity contribution is -0.110. The smallest absolute Gasteiger partial charge is 0.181 e. The van der Waals surface area contributed by atoms with Crippen molar-refractivity contribution in [3.63, 3.8) is 0 Å². The summed E-state index contributed by atoms with van der Waals surface area (Å²) in [6.45, 7) is 4.26. The van der Waals surface area contributed by atoms with E-state index in [0.29, 0.717) is 6.61 Å². The van der Waals surface area contributed by atoms with Crippen molar-refractivity contribution in [3.8, 4) is 0 Å². The van der Waals surface area contributed by atoms with Crippen molar-refractivity contribution in [2.24, 2.45) is 5.92 Å². The minimum atomic E-state index is -0.901. The summed E-state index contributed by atoms with van der Waals surface area (Å²) in [5, 5.41) is 19.4. The summed E-state index contributed by atoms with van der Waals surface area (Å²) in [5.74, 6) is 0.156. The predicted octanol–water partition coefficient (Wildman–Crippen LogP) is 2.02. The van der Waals surface area contributed by atoms with Gasteiger partial charge in [0.2, 0.25) is 0 Å². The topological polar surface area (TPSA) is 49.7 Å². The van der Waals surface area contributed by atoms with Gasteiger partial charge in [0.15, 0.2) is 6.29 Å². The molecule has 0 radical (unpaired) electrons. The summed E-state index contributed by atoms with van der Waals surface area (Å²) < 4.78 is 5.41. The number of benzene rings is 1. The monoisotopic (exact) mass is 234 g/mol. The molecule has 17 heavy (non-hydrogen) atoms. The van der Waals surface area contributed by atoms with Gasteiger partial charge in [-0.3, -0.25) is 0 Å². The van der Waals surface area contributed by atoms with Crippen molar-refractivity contribution in [1.29, 1.82) is 0 Å². The molecule has 0 heterocycles. The molecule has 0 amide bonds. The molecule has 1 aliphatic rings. The van der Waals surface area contributed by atoms with E-state index in [0.717, 1.165) is 24.0 Å². The minimum absolute atomic E-state index is 0.156. The molecule has 3 atom stereocenters. The van der Waals surface area contributed by atoms with Gasteiger partial charge in [0.25, 0.3) is 0 Å². The van der Waals surface area contributed by atoms with Crippen molar-refractivity contribution in [3.05, 3.63) is 48.0 Å². The van der Waals surface area contributed by atoms with Crippen LogP contribution in [0.5, 0.6) is 0 Å². The number of aliphatic hydroxyl groups excluding tert-OH is 2. The van der Waals surface area contributed by atoms with Crippen molar-refractivity contribution >= 4 is 0 Å². The van der Waals surface area contributed by atoms with E-state index < -0.39 is 12.4 Å². The first-order chi connectivity index (χ1) is 8.18. The Morgan fingerprint density at radius 3 is 2.59 bits per heavy atom. The number of rotatable bonds is 4. The molecule has 92 valence electrons. The maximum atomic E-state index is 9.82. The van der Waals surface area contributed by atoms with Gasteiger partial charge in [-0.25, -0.2) is 0 Å². The third kappa shape index (κ3) is 2.94. The molecule has 1 fully saturated rings. The fraction of sp³-hybridized carbons (Fsp3) is 0.429. The number of aliphatic hydroxyl groups is 2. The largest absolute Gasteiger partial charge is 0.389 e. The molecular formula is C14H18O3. The highest BCUT2D eigenvalue weighted by Crippen LogP contribution is 2.31. The normalized spacial score (nSPS) is 26.1. The standard InChI is InChI=1S/C14H18O3/c1-10-12(7-8-13(10)15)9-17-14(16)11-5-3-2-4-6-11/h2-6,12-16H,1,7-9H2/t12-,13+,14?/m0/s1. The van der Waals surface area contributed by atoms with E-state index in [1.807, 2.05) is 30.3 Å². The van der Waals surface area contributed by atoms with Crippen molar-refractivity contribution in [2.45, 2.75) is 25.2 Å². The van der Waals surface area contributed by atoms with Crippen LogP contribution in [0.15, 0.2) is 42.5 Å². The Bertz CT molecular complexity index is 374. The van der Waals surface area contributed by atoms with E-state index in [1.165, 1.54) is 0 Å². The summed E-state index contributed by atoms with van der Waals surface area (Å²) in [4.78, 5) is 0. The van der Waals surface area contributed by atoms with E-state index in [9.17, 15) is 10.2 Å². The fourth-order valence-electron chi connectivity index (χ4n) is 2.11. The molecule has 0 spiro atoms. The third-order valence-corrected chi connectivity index (χ3v) is 3.28. The maximum absolute atomic E-state index is 9.82. The second-order valence-corrected chi connectivity index (χ2v) is 4.46. The highest BCUT2D eigenvalue weighted by Gasteiger charge is 2.27. The zero-order valence-corrected chi connectivity index (χ0v) is 9.75. The van der Waals surface area contributed by atoms with Crippen molar-refractivity contribution in [2.75, 3.05) is 6.61 Å². The zero-order valence-electron chi connectivity index (χ0n) is 9.75. The van der Waals surface area contributed by atoms with Gasteiger partial charge in [0, 0.05) is 11.5 Å². The molecule has 0 aliphatic heterocycles. The molecule has 1 unspecified atom stereocenters. The maximum Gasteiger partial charge on any atom is 0.181 e. The first-order valence-electron chi connectivity index (χ1n) is 5.90. The van der Waals surface area contributed by atoms with Gasteiger partial charge in [-0.2, -0.15) is 0 Å². The molecule has 0 bridgehead atoms. The Hall–Kier alpha value is -1.16. The lowest BCUT2D eigenvalue weighted by Crippen LogP contribution is -2.14. The van der Waals surface area contributed by atoms with Crippen LogP contribution in [0.3, 0.4) is 0 Å². The molecule has 0 saturated heterocycles. The van der Waals surface area contributed by atoms with Gasteiger partial charge in [0.05, 0.1) is 12.7 Å². The Balaban J connectivity index is 1.85. The van der Waals surface area contributed by atoms with Crippen LogP contribution in [-0.2, 0) is 4.74 Å². The molecule has 2 N–H and O–H groups in total. The van der Waals surface area contributed by atoms with E-state index in [4.69, 9.17) is 4.74 Å². The molecule has 1 aromatic carbocycles. The summed E-state index contributed by atoms with van der Waals surface area (Å²) in [7, 11) is 0. The van der Waals surface area contributed by atoms with Gasteiger partial charge < -0.3 is 14.9 Å². The van der Waals surface area contributed by atoms with Crippen LogP contribution in [0.25, 0.3) is 0 Å². The number of hydrogen-bond acceptors (Lipinski definition) is 3. The first-order valence-corrected chi connectivity index (χ1v) is 5.90. The van der Waals surface area contributed by atoms with Gasteiger partial charge >= 0.3 is 0 Å². The summed E-state index contributed by atoms with van der Waals surface area (Å²) in [6, 6.07) is 9.26. The Morgan fingerprint density at radius 1 is 1.29 bits per heavy atom. The summed E-state index contributed by atoms with van der Waals surface area (Å²) in [5.41, 5.74) is 1.57. The van der Waals surface area contributed by atoms with Crippen LogP contribution < -0.4 is 0 Å². The van der Waals surface area contributed by atoms with Gasteiger partial charge in [-0.05, 0) is 18.4 Å². The van der Waals surface area contributed by atoms with Crippen LogP contribution in [0.1, 0.15) is 24.7 Å². The molecule has 0 aromatic heterocycles. The van der Waals surface area contributed by atoms with Gasteiger partial charge in [0.1, 0.15) is 0 Å². The zero-order chi connectivity index (χ0) is 12.3. The molecule has 3 nitrogen and oxygen atoms in total. The molecule has 1 saturated carbocycles. The van der Waals surface area contributed by atoms with Crippen molar-refractivity contribution < 1.29 is 14.9 Å². The molecule has 1 aromatic rings. The van der Waals surface area contributed by atoms with Crippen molar-refractivity contribution in [1.82, 2.24) is 0 Å². The van der Waals surface area contributed by atoms with Crippen LogP contribution >= 0.6 is 0 Å². The van der Waals surface area contributed by atoms with Crippen LogP contribution in [0, 0.1) is 5.92 Å². The molecule has 3 heteroatoms. The SMILES string of the molecule is C=C1[C@H](COC(O)c2ccccc2)CC[C@H]1O. The molecule has 2 rings (SSSR count). The average molecular weight is 234 g/mol. The third-order valence-electron chi connectivity index (χ3n) is 3.28.